The first-order valence-electron chi connectivity index (χ1n) is 13.8. The molecule has 0 radical (unpaired) electrons. The van der Waals surface area contributed by atoms with E-state index < -0.39 is 46.2 Å². The first-order valence-corrected chi connectivity index (χ1v) is 15.2. The van der Waals surface area contributed by atoms with Crippen LogP contribution in [0, 0.1) is 0 Å². The highest BCUT2D eigenvalue weighted by molar-refractivity contribution is 7.92. The monoisotopic (exact) mass is 619 g/mol. The lowest BCUT2D eigenvalue weighted by molar-refractivity contribution is -0.140. The van der Waals surface area contributed by atoms with E-state index in [4.69, 9.17) is 4.74 Å². The maximum absolute atomic E-state index is 14.1. The molecule has 0 aliphatic rings. The Morgan fingerprint density at radius 1 is 0.930 bits per heavy atom. The van der Waals surface area contributed by atoms with Crippen LogP contribution < -0.4 is 14.4 Å². The van der Waals surface area contributed by atoms with Crippen LogP contribution in [0.1, 0.15) is 44.7 Å². The number of halogens is 3. The lowest BCUT2D eigenvalue weighted by Gasteiger charge is -2.34. The molecule has 0 aliphatic carbocycles. The maximum Gasteiger partial charge on any atom is 0.416 e. The van der Waals surface area contributed by atoms with Crippen LogP contribution in [0.5, 0.6) is 5.75 Å². The Morgan fingerprint density at radius 3 is 2.14 bits per heavy atom. The van der Waals surface area contributed by atoms with Gasteiger partial charge in [0.2, 0.25) is 11.8 Å². The molecule has 3 aromatic rings. The molecule has 0 heterocycles. The van der Waals surface area contributed by atoms with Crippen LogP contribution in [0.4, 0.5) is 18.9 Å². The normalized spacial score (nSPS) is 13.1. The van der Waals surface area contributed by atoms with Crippen LogP contribution in [0.15, 0.2) is 83.8 Å². The number of carbonyl (C=O) groups excluding carboxylic acids is 2. The van der Waals surface area contributed by atoms with Crippen LogP contribution in [-0.2, 0) is 32.3 Å². The second-order valence-corrected chi connectivity index (χ2v) is 11.8. The maximum atomic E-state index is 14.1. The Hall–Kier alpha value is -4.06. The van der Waals surface area contributed by atoms with E-state index in [1.165, 1.54) is 42.3 Å². The van der Waals surface area contributed by atoms with E-state index in [0.717, 1.165) is 12.1 Å². The first-order chi connectivity index (χ1) is 20.3. The molecule has 0 saturated carbocycles. The SMILES string of the molecule is CC[C@H](C)NC(=O)[C@H](CC)N(Cc1ccc(OC)cc1)C(=O)CN(c1cccc(C(F)(F)F)c1)S(=O)(=O)c1ccccc1. The van der Waals surface area contributed by atoms with Gasteiger partial charge in [-0.05, 0) is 67.8 Å². The minimum Gasteiger partial charge on any atom is -0.497 e. The molecule has 2 atom stereocenters. The summed E-state index contributed by atoms with van der Waals surface area (Å²) in [5, 5.41) is 2.88. The van der Waals surface area contributed by atoms with Crippen molar-refractivity contribution in [1.82, 2.24) is 10.2 Å². The predicted octanol–water partition coefficient (Wildman–Crippen LogP) is 5.63. The lowest BCUT2D eigenvalue weighted by Crippen LogP contribution is -2.53. The zero-order valence-electron chi connectivity index (χ0n) is 24.5. The third kappa shape index (κ3) is 8.50. The van der Waals surface area contributed by atoms with Crippen molar-refractivity contribution >= 4 is 27.5 Å². The van der Waals surface area contributed by atoms with Gasteiger partial charge in [0.15, 0.2) is 0 Å². The molecule has 2 amide bonds. The molecular formula is C31H36F3N3O5S. The number of hydrogen-bond donors (Lipinski definition) is 1. The Labute approximate surface area is 250 Å². The molecule has 3 rings (SSSR count). The number of nitrogens with one attached hydrogen (secondary N) is 1. The van der Waals surface area contributed by atoms with Gasteiger partial charge in [0.05, 0.1) is 23.3 Å². The van der Waals surface area contributed by atoms with Crippen molar-refractivity contribution < 1.29 is 35.9 Å². The fourth-order valence-electron chi connectivity index (χ4n) is 4.37. The van der Waals surface area contributed by atoms with E-state index in [9.17, 15) is 31.2 Å². The molecule has 8 nitrogen and oxygen atoms in total. The van der Waals surface area contributed by atoms with Crippen molar-refractivity contribution in [3.05, 3.63) is 90.0 Å². The Kier molecular flexibility index (Phi) is 11.2. The van der Waals surface area contributed by atoms with Crippen molar-refractivity contribution in [2.24, 2.45) is 0 Å². The molecular weight excluding hydrogens is 583 g/mol. The summed E-state index contributed by atoms with van der Waals surface area (Å²) in [6.45, 7) is 4.54. The number of amides is 2. The standard InChI is InChI=1S/C31H36F3N3O5S/c1-5-22(3)35-30(39)28(6-2)36(20-23-15-17-26(42-4)18-16-23)29(38)21-37(43(40,41)27-13-8-7-9-14-27)25-12-10-11-24(19-25)31(32,33)34/h7-19,22,28H,5-6,20-21H2,1-4H3,(H,35,39)/t22-,28-/m0/s1. The van der Waals surface area contributed by atoms with Gasteiger partial charge in [0, 0.05) is 12.6 Å². The van der Waals surface area contributed by atoms with E-state index in [0.29, 0.717) is 28.1 Å². The van der Waals surface area contributed by atoms with Gasteiger partial charge in [-0.25, -0.2) is 8.42 Å². The van der Waals surface area contributed by atoms with Crippen LogP contribution >= 0.6 is 0 Å². The highest BCUT2D eigenvalue weighted by Crippen LogP contribution is 2.33. The topological polar surface area (TPSA) is 96.0 Å². The molecule has 43 heavy (non-hydrogen) atoms. The first kappa shape index (κ1) is 33.4. The predicted molar refractivity (Wildman–Crippen MR) is 158 cm³/mol. The minimum absolute atomic E-state index is 0.0585. The number of rotatable bonds is 13. The number of alkyl halides is 3. The molecule has 0 aliphatic heterocycles. The Morgan fingerprint density at radius 2 is 1.58 bits per heavy atom. The third-order valence-electron chi connectivity index (χ3n) is 6.97. The number of sulfonamides is 1. The van der Waals surface area contributed by atoms with Gasteiger partial charge < -0.3 is 15.0 Å². The summed E-state index contributed by atoms with van der Waals surface area (Å²) >= 11 is 0. The van der Waals surface area contributed by atoms with Gasteiger partial charge in [-0.1, -0.05) is 50.2 Å². The van der Waals surface area contributed by atoms with Crippen LogP contribution in [-0.4, -0.2) is 50.9 Å². The summed E-state index contributed by atoms with van der Waals surface area (Å²) in [4.78, 5) is 28.5. The van der Waals surface area contributed by atoms with E-state index >= 15 is 0 Å². The Bertz CT molecular complexity index is 1480. The molecule has 232 valence electrons. The van der Waals surface area contributed by atoms with Crippen LogP contribution in [0.3, 0.4) is 0 Å². The van der Waals surface area contributed by atoms with Gasteiger partial charge in [-0.2, -0.15) is 13.2 Å². The fourth-order valence-corrected chi connectivity index (χ4v) is 5.80. The summed E-state index contributed by atoms with van der Waals surface area (Å²) in [5.74, 6) is -0.609. The van der Waals surface area contributed by atoms with Crippen LogP contribution in [0.25, 0.3) is 0 Å². The molecule has 0 bridgehead atoms. The number of benzene rings is 3. The van der Waals surface area contributed by atoms with Crippen LogP contribution in [0.2, 0.25) is 0 Å². The number of methoxy groups -OCH3 is 1. The average molecular weight is 620 g/mol. The second-order valence-electron chi connectivity index (χ2n) is 9.98. The summed E-state index contributed by atoms with van der Waals surface area (Å²) < 4.78 is 74.3. The molecule has 0 unspecified atom stereocenters. The van der Waals surface area contributed by atoms with E-state index in [2.05, 4.69) is 5.32 Å². The molecule has 0 spiro atoms. The van der Waals surface area contributed by atoms with Crippen molar-refractivity contribution in [3.63, 3.8) is 0 Å². The van der Waals surface area contributed by atoms with Gasteiger partial charge in [-0.3, -0.25) is 13.9 Å². The van der Waals surface area contributed by atoms with E-state index in [1.54, 1.807) is 37.3 Å². The largest absolute Gasteiger partial charge is 0.497 e. The lowest BCUT2D eigenvalue weighted by atomic mass is 10.1. The highest BCUT2D eigenvalue weighted by Gasteiger charge is 2.36. The van der Waals surface area contributed by atoms with Gasteiger partial charge in [-0.15, -0.1) is 0 Å². The van der Waals surface area contributed by atoms with Crippen molar-refractivity contribution in [2.45, 2.75) is 63.3 Å². The molecule has 0 fully saturated rings. The van der Waals surface area contributed by atoms with E-state index in [1.807, 2.05) is 13.8 Å². The number of hydrogen-bond acceptors (Lipinski definition) is 5. The van der Waals surface area contributed by atoms with Crippen molar-refractivity contribution in [2.75, 3.05) is 18.0 Å². The quantitative estimate of drug-likeness (QED) is 0.268. The van der Waals surface area contributed by atoms with Crippen molar-refractivity contribution in [3.8, 4) is 5.75 Å². The number of ether oxygens (including phenoxy) is 1. The second kappa shape index (κ2) is 14.4. The Balaban J connectivity index is 2.10. The van der Waals surface area contributed by atoms with Gasteiger partial charge >= 0.3 is 6.18 Å². The number of nitrogens with zero attached hydrogens (tertiary/aromatic N) is 2. The molecule has 1 N–H and O–H groups in total. The minimum atomic E-state index is -4.75. The summed E-state index contributed by atoms with van der Waals surface area (Å²) in [6.07, 6.45) is -3.89. The summed E-state index contributed by atoms with van der Waals surface area (Å²) in [7, 11) is -2.99. The molecule has 12 heteroatoms. The summed E-state index contributed by atoms with van der Waals surface area (Å²) in [5.41, 5.74) is -0.769. The van der Waals surface area contributed by atoms with Gasteiger partial charge in [0.1, 0.15) is 18.3 Å². The van der Waals surface area contributed by atoms with E-state index in [-0.39, 0.29) is 29.6 Å². The summed E-state index contributed by atoms with van der Waals surface area (Å²) in [6, 6.07) is 16.6. The van der Waals surface area contributed by atoms with Crippen molar-refractivity contribution in [1.29, 1.82) is 0 Å². The molecule has 0 saturated heterocycles. The third-order valence-corrected chi connectivity index (χ3v) is 8.76. The highest BCUT2D eigenvalue weighted by atomic mass is 32.2. The zero-order chi connectivity index (χ0) is 31.8. The smallest absolute Gasteiger partial charge is 0.416 e. The average Bonchev–Trinajstić information content (AvgIpc) is 2.99. The molecule has 0 aromatic heterocycles. The zero-order valence-corrected chi connectivity index (χ0v) is 25.3. The van der Waals surface area contributed by atoms with Gasteiger partial charge in [0.25, 0.3) is 10.0 Å². The number of anilines is 1. The number of carbonyl (C=O) groups is 2. The fraction of sp³-hybridized carbons (Fsp3) is 0.355. The molecule has 3 aromatic carbocycles.